The molecule has 1 fully saturated rings. The molecule has 2 aliphatic rings. The minimum absolute atomic E-state index is 0.340. The summed E-state index contributed by atoms with van der Waals surface area (Å²) in [4.78, 5) is 25.7. The van der Waals surface area contributed by atoms with Gasteiger partial charge < -0.3 is 25.0 Å². The molecule has 0 bridgehead atoms. The van der Waals surface area contributed by atoms with E-state index in [1.54, 1.807) is 12.1 Å². The topological polar surface area (TPSA) is 81.1 Å². The zero-order chi connectivity index (χ0) is 17.8. The molecular weight excluding hydrogens is 329 g/mol. The summed E-state index contributed by atoms with van der Waals surface area (Å²) in [6.45, 7) is 3.36. The van der Waals surface area contributed by atoms with Crippen molar-refractivity contribution in [1.29, 1.82) is 0 Å². The Labute approximate surface area is 144 Å². The second-order valence-electron chi connectivity index (χ2n) is 6.01. The van der Waals surface area contributed by atoms with Gasteiger partial charge in [0.05, 0.1) is 37.6 Å². The van der Waals surface area contributed by atoms with Crippen LogP contribution in [0.3, 0.4) is 0 Å². The van der Waals surface area contributed by atoms with E-state index in [4.69, 9.17) is 9.47 Å². The smallest absolute Gasteiger partial charge is 0.338 e. The first-order valence-corrected chi connectivity index (χ1v) is 8.14. The van der Waals surface area contributed by atoms with Crippen LogP contribution < -0.4 is 15.5 Å². The van der Waals surface area contributed by atoms with Crippen molar-refractivity contribution < 1.29 is 28.4 Å². The Bertz CT molecular complexity index is 684. The predicted molar refractivity (Wildman–Crippen MR) is 86.2 cm³/mol. The van der Waals surface area contributed by atoms with Crippen LogP contribution in [0.15, 0.2) is 35.5 Å². The second kappa shape index (κ2) is 7.62. The average Bonchev–Trinajstić information content (AvgIpc) is 2.62. The Kier molecular flexibility index (Phi) is 5.30. The lowest BCUT2D eigenvalue weighted by molar-refractivity contribution is -0.903. The lowest BCUT2D eigenvalue weighted by Gasteiger charge is -2.31. The van der Waals surface area contributed by atoms with Crippen molar-refractivity contribution >= 4 is 12.0 Å². The van der Waals surface area contributed by atoms with Crippen LogP contribution >= 0.6 is 0 Å². The molecule has 2 heterocycles. The van der Waals surface area contributed by atoms with Crippen LogP contribution in [-0.2, 0) is 14.3 Å². The van der Waals surface area contributed by atoms with Crippen molar-refractivity contribution in [2.75, 3.05) is 40.0 Å². The van der Waals surface area contributed by atoms with Gasteiger partial charge in [-0.05, 0) is 17.7 Å². The number of hydrogen-bond donors (Lipinski definition) is 3. The van der Waals surface area contributed by atoms with Gasteiger partial charge >= 0.3 is 12.0 Å². The third-order valence-electron chi connectivity index (χ3n) is 4.39. The van der Waals surface area contributed by atoms with Gasteiger partial charge in [0.1, 0.15) is 25.5 Å². The molecule has 25 heavy (non-hydrogen) atoms. The van der Waals surface area contributed by atoms with Gasteiger partial charge in [-0.25, -0.2) is 14.0 Å². The Morgan fingerprint density at radius 2 is 2.00 bits per heavy atom. The van der Waals surface area contributed by atoms with Crippen LogP contribution in [0.1, 0.15) is 11.6 Å². The van der Waals surface area contributed by atoms with Gasteiger partial charge in [-0.15, -0.1) is 0 Å². The minimum Gasteiger partial charge on any atom is -0.466 e. The first-order valence-electron chi connectivity index (χ1n) is 8.14. The number of benzene rings is 1. The molecule has 1 atom stereocenters. The van der Waals surface area contributed by atoms with Crippen LogP contribution in [0.25, 0.3) is 0 Å². The van der Waals surface area contributed by atoms with E-state index in [1.807, 2.05) is 0 Å². The molecular formula is C17H21FN3O4+. The van der Waals surface area contributed by atoms with Gasteiger partial charge in [0.15, 0.2) is 0 Å². The molecule has 0 aliphatic carbocycles. The predicted octanol–water partition coefficient (Wildman–Crippen LogP) is -0.478. The number of methoxy groups -OCH3 is 1. The number of rotatable bonds is 4. The number of carbonyl (C=O) groups is 2. The summed E-state index contributed by atoms with van der Waals surface area (Å²) >= 11 is 0. The van der Waals surface area contributed by atoms with Crippen LogP contribution in [0, 0.1) is 5.82 Å². The summed E-state index contributed by atoms with van der Waals surface area (Å²) in [5.41, 5.74) is 1.49. The van der Waals surface area contributed by atoms with E-state index < -0.39 is 18.0 Å². The Morgan fingerprint density at radius 1 is 1.32 bits per heavy atom. The number of esters is 1. The third kappa shape index (κ3) is 3.97. The summed E-state index contributed by atoms with van der Waals surface area (Å²) < 4.78 is 23.5. The molecule has 0 saturated carbocycles. The minimum atomic E-state index is -0.683. The highest BCUT2D eigenvalue weighted by Gasteiger charge is 2.35. The van der Waals surface area contributed by atoms with E-state index >= 15 is 0 Å². The molecule has 2 aliphatic heterocycles. The fourth-order valence-electron chi connectivity index (χ4n) is 3.10. The monoisotopic (exact) mass is 350 g/mol. The van der Waals surface area contributed by atoms with Crippen molar-refractivity contribution in [2.45, 2.75) is 6.04 Å². The number of ether oxygens (including phenoxy) is 2. The molecule has 8 heteroatoms. The molecule has 1 aromatic carbocycles. The fourth-order valence-corrected chi connectivity index (χ4v) is 3.10. The van der Waals surface area contributed by atoms with Crippen LogP contribution in [-0.4, -0.2) is 52.0 Å². The van der Waals surface area contributed by atoms with Crippen molar-refractivity contribution in [2.24, 2.45) is 0 Å². The molecule has 0 unspecified atom stereocenters. The van der Waals surface area contributed by atoms with E-state index in [9.17, 15) is 14.0 Å². The van der Waals surface area contributed by atoms with Crippen LogP contribution in [0.5, 0.6) is 0 Å². The molecule has 1 saturated heterocycles. The number of carbonyl (C=O) groups excluding carboxylic acids is 2. The highest BCUT2D eigenvalue weighted by Crippen LogP contribution is 2.27. The SMILES string of the molecule is COC(=O)C1=C(C[NH+]2CCOCC2)NC(=O)N[C@H]1c1ccc(F)cc1. The van der Waals surface area contributed by atoms with Gasteiger partial charge in [-0.3, -0.25) is 0 Å². The number of morpholine rings is 1. The van der Waals surface area contributed by atoms with Gasteiger partial charge in [0.2, 0.25) is 0 Å². The standard InChI is InChI=1S/C17H20FN3O4/c1-24-16(22)14-13(10-21-6-8-25-9-7-21)19-17(23)20-15(14)11-2-4-12(18)5-3-11/h2-5,15H,6-10H2,1H3,(H2,19,20,23)/p+1/t15-/m0/s1. The Hall–Kier alpha value is -2.45. The average molecular weight is 350 g/mol. The number of nitrogens with one attached hydrogen (secondary N) is 3. The zero-order valence-electron chi connectivity index (χ0n) is 13.9. The number of hydrogen-bond acceptors (Lipinski definition) is 4. The molecule has 0 radical (unpaired) electrons. The molecule has 0 aromatic heterocycles. The lowest BCUT2D eigenvalue weighted by Crippen LogP contribution is -3.14. The lowest BCUT2D eigenvalue weighted by atomic mass is 9.95. The largest absolute Gasteiger partial charge is 0.466 e. The number of urea groups is 1. The summed E-state index contributed by atoms with van der Waals surface area (Å²) in [7, 11) is 1.30. The third-order valence-corrected chi connectivity index (χ3v) is 4.39. The summed E-state index contributed by atoms with van der Waals surface area (Å²) in [6.07, 6.45) is 0. The Morgan fingerprint density at radius 3 is 2.64 bits per heavy atom. The summed E-state index contributed by atoms with van der Waals surface area (Å²) in [5.74, 6) is -0.907. The number of halogens is 1. The van der Waals surface area contributed by atoms with E-state index in [0.29, 0.717) is 36.6 Å². The quantitative estimate of drug-likeness (QED) is 0.641. The maximum atomic E-state index is 13.2. The fraction of sp³-hybridized carbons (Fsp3) is 0.412. The van der Waals surface area contributed by atoms with Gasteiger partial charge in [-0.2, -0.15) is 0 Å². The van der Waals surface area contributed by atoms with E-state index in [-0.39, 0.29) is 5.82 Å². The molecule has 2 amide bonds. The van der Waals surface area contributed by atoms with Crippen molar-refractivity contribution in [1.82, 2.24) is 10.6 Å². The number of quaternary nitrogens is 1. The van der Waals surface area contributed by atoms with Crippen molar-refractivity contribution in [3.8, 4) is 0 Å². The first kappa shape index (κ1) is 17.4. The van der Waals surface area contributed by atoms with E-state index in [2.05, 4.69) is 10.6 Å². The molecule has 3 N–H and O–H groups in total. The summed E-state index contributed by atoms with van der Waals surface area (Å²) in [5, 5.41) is 5.45. The Balaban J connectivity index is 1.96. The molecule has 7 nitrogen and oxygen atoms in total. The molecule has 3 rings (SSSR count). The van der Waals surface area contributed by atoms with Gasteiger partial charge in [0, 0.05) is 0 Å². The maximum absolute atomic E-state index is 13.2. The van der Waals surface area contributed by atoms with Gasteiger partial charge in [0.25, 0.3) is 0 Å². The normalized spacial score (nSPS) is 21.5. The second-order valence-corrected chi connectivity index (χ2v) is 6.01. The van der Waals surface area contributed by atoms with Crippen molar-refractivity contribution in [3.05, 3.63) is 46.9 Å². The highest BCUT2D eigenvalue weighted by atomic mass is 19.1. The van der Waals surface area contributed by atoms with Gasteiger partial charge in [-0.1, -0.05) is 12.1 Å². The molecule has 1 aromatic rings. The van der Waals surface area contributed by atoms with E-state index in [1.165, 1.54) is 24.1 Å². The first-order chi connectivity index (χ1) is 12.1. The highest BCUT2D eigenvalue weighted by molar-refractivity contribution is 5.95. The maximum Gasteiger partial charge on any atom is 0.338 e. The molecule has 134 valence electrons. The van der Waals surface area contributed by atoms with E-state index in [0.717, 1.165) is 13.1 Å². The summed E-state index contributed by atoms with van der Waals surface area (Å²) in [6, 6.07) is 4.61. The number of amides is 2. The van der Waals surface area contributed by atoms with Crippen LogP contribution in [0.2, 0.25) is 0 Å². The molecule has 0 spiro atoms. The zero-order valence-corrected chi connectivity index (χ0v) is 13.9. The van der Waals surface area contributed by atoms with Crippen molar-refractivity contribution in [3.63, 3.8) is 0 Å². The van der Waals surface area contributed by atoms with Crippen LogP contribution in [0.4, 0.5) is 9.18 Å².